The van der Waals surface area contributed by atoms with Crippen LogP contribution < -0.4 is 5.32 Å². The Morgan fingerprint density at radius 3 is 2.50 bits per heavy atom. The minimum Gasteiger partial charge on any atom is -0.350 e. The molecule has 3 unspecified atom stereocenters. The third kappa shape index (κ3) is 3.76. The van der Waals surface area contributed by atoms with E-state index in [0.29, 0.717) is 31.2 Å². The largest absolute Gasteiger partial charge is 0.350 e. The van der Waals surface area contributed by atoms with E-state index < -0.39 is 0 Å². The lowest BCUT2D eigenvalue weighted by Gasteiger charge is -2.34. The molecular formula is C20H26N2O4. The molecule has 1 N–H and O–H groups in total. The second-order valence-corrected chi connectivity index (χ2v) is 7.65. The van der Waals surface area contributed by atoms with Crippen LogP contribution in [0.5, 0.6) is 0 Å². The van der Waals surface area contributed by atoms with Gasteiger partial charge in [0.1, 0.15) is 0 Å². The highest BCUT2D eigenvalue weighted by atomic mass is 16.7. The van der Waals surface area contributed by atoms with E-state index in [0.717, 1.165) is 31.5 Å². The van der Waals surface area contributed by atoms with Gasteiger partial charge in [-0.3, -0.25) is 9.59 Å². The molecule has 6 nitrogen and oxygen atoms in total. The van der Waals surface area contributed by atoms with Crippen LogP contribution in [0.15, 0.2) is 24.3 Å². The Hall–Kier alpha value is -1.92. The van der Waals surface area contributed by atoms with Crippen molar-refractivity contribution in [3.8, 4) is 0 Å². The Kier molecular flexibility index (Phi) is 4.96. The van der Waals surface area contributed by atoms with E-state index in [-0.39, 0.29) is 29.9 Å². The zero-order valence-corrected chi connectivity index (χ0v) is 15.1. The highest BCUT2D eigenvalue weighted by Crippen LogP contribution is 2.38. The summed E-state index contributed by atoms with van der Waals surface area (Å²) in [6.45, 7) is 4.80. The van der Waals surface area contributed by atoms with E-state index in [2.05, 4.69) is 12.2 Å². The predicted molar refractivity (Wildman–Crippen MR) is 96.7 cm³/mol. The first-order valence-corrected chi connectivity index (χ1v) is 9.55. The lowest BCUT2D eigenvalue weighted by atomic mass is 9.96. The Balaban J connectivity index is 1.35. The number of rotatable bonds is 4. The van der Waals surface area contributed by atoms with Crippen molar-refractivity contribution in [1.82, 2.24) is 4.90 Å². The Morgan fingerprint density at radius 1 is 1.15 bits per heavy atom. The molecule has 2 amide bonds. The van der Waals surface area contributed by atoms with Crippen molar-refractivity contribution in [2.75, 3.05) is 31.6 Å². The van der Waals surface area contributed by atoms with Crippen molar-refractivity contribution < 1.29 is 19.1 Å². The molecule has 0 aromatic heterocycles. The van der Waals surface area contributed by atoms with Crippen LogP contribution in [0.1, 0.15) is 36.5 Å². The summed E-state index contributed by atoms with van der Waals surface area (Å²) in [6.07, 6.45) is 2.78. The van der Waals surface area contributed by atoms with Crippen LogP contribution in [0.4, 0.5) is 5.69 Å². The van der Waals surface area contributed by atoms with Gasteiger partial charge in [0.2, 0.25) is 5.91 Å². The maximum absolute atomic E-state index is 12.8. The molecule has 140 valence electrons. The normalized spacial score (nSPS) is 28.8. The molecule has 3 fully saturated rings. The van der Waals surface area contributed by atoms with Gasteiger partial charge in [-0.2, -0.15) is 0 Å². The number of benzene rings is 1. The van der Waals surface area contributed by atoms with E-state index in [1.54, 1.807) is 12.1 Å². The lowest BCUT2D eigenvalue weighted by molar-refractivity contribution is -0.117. The Bertz CT molecular complexity index is 669. The summed E-state index contributed by atoms with van der Waals surface area (Å²) in [5.74, 6) is 0.972. The lowest BCUT2D eigenvalue weighted by Crippen LogP contribution is -2.43. The monoisotopic (exact) mass is 358 g/mol. The Labute approximate surface area is 153 Å². The maximum atomic E-state index is 12.8. The number of likely N-dealkylation sites (tertiary alicyclic amines) is 1. The third-order valence-electron chi connectivity index (χ3n) is 5.62. The molecule has 2 saturated heterocycles. The Morgan fingerprint density at radius 2 is 1.85 bits per heavy atom. The van der Waals surface area contributed by atoms with Gasteiger partial charge in [-0.05, 0) is 49.4 Å². The van der Waals surface area contributed by atoms with Crippen LogP contribution in [0.2, 0.25) is 0 Å². The zero-order chi connectivity index (χ0) is 18.1. The van der Waals surface area contributed by atoms with Gasteiger partial charge in [0.05, 0.1) is 13.2 Å². The number of hydrogen-bond donors (Lipinski definition) is 1. The van der Waals surface area contributed by atoms with E-state index >= 15 is 0 Å². The van der Waals surface area contributed by atoms with Crippen LogP contribution in [0.3, 0.4) is 0 Å². The topological polar surface area (TPSA) is 67.9 Å². The van der Waals surface area contributed by atoms with Gasteiger partial charge in [0, 0.05) is 36.2 Å². The minimum atomic E-state index is -0.173. The standard InChI is InChI=1S/C20H26N2O4/c1-13-11-17(13)18(23)21-16-6-4-14(5-7-16)19(24)22-8-2-3-15(12-22)20-25-9-10-26-20/h4-7,13,15,17,20H,2-3,8-12H2,1H3,(H,21,23). The van der Waals surface area contributed by atoms with E-state index in [1.807, 2.05) is 17.0 Å². The summed E-state index contributed by atoms with van der Waals surface area (Å²) in [6, 6.07) is 7.20. The molecule has 4 rings (SSSR count). The smallest absolute Gasteiger partial charge is 0.253 e. The van der Waals surface area contributed by atoms with Crippen molar-refractivity contribution >= 4 is 17.5 Å². The van der Waals surface area contributed by atoms with Crippen molar-refractivity contribution in [2.24, 2.45) is 17.8 Å². The van der Waals surface area contributed by atoms with Crippen LogP contribution in [0.25, 0.3) is 0 Å². The predicted octanol–water partition coefficient (Wildman–Crippen LogP) is 2.51. The van der Waals surface area contributed by atoms with Crippen molar-refractivity contribution in [1.29, 1.82) is 0 Å². The molecule has 0 bridgehead atoms. The fourth-order valence-corrected chi connectivity index (χ4v) is 3.87. The quantitative estimate of drug-likeness (QED) is 0.898. The second-order valence-electron chi connectivity index (χ2n) is 7.65. The van der Waals surface area contributed by atoms with Gasteiger partial charge in [0.15, 0.2) is 6.29 Å². The number of amides is 2. The number of nitrogens with zero attached hydrogens (tertiary/aromatic N) is 1. The average Bonchev–Trinajstić information content (AvgIpc) is 3.17. The summed E-state index contributed by atoms with van der Waals surface area (Å²) < 4.78 is 11.2. The number of piperidine rings is 1. The van der Waals surface area contributed by atoms with E-state index in [1.165, 1.54) is 0 Å². The first-order chi connectivity index (χ1) is 12.6. The van der Waals surface area contributed by atoms with Crippen LogP contribution >= 0.6 is 0 Å². The van der Waals surface area contributed by atoms with Crippen molar-refractivity contribution in [3.63, 3.8) is 0 Å². The summed E-state index contributed by atoms with van der Waals surface area (Å²) in [7, 11) is 0. The molecule has 0 radical (unpaired) electrons. The molecule has 2 heterocycles. The summed E-state index contributed by atoms with van der Waals surface area (Å²) >= 11 is 0. The molecule has 1 aromatic rings. The number of ether oxygens (including phenoxy) is 2. The van der Waals surface area contributed by atoms with Crippen LogP contribution in [-0.2, 0) is 14.3 Å². The van der Waals surface area contributed by atoms with Gasteiger partial charge in [-0.1, -0.05) is 6.92 Å². The fraction of sp³-hybridized carbons (Fsp3) is 0.600. The van der Waals surface area contributed by atoms with Gasteiger partial charge in [0.25, 0.3) is 5.91 Å². The van der Waals surface area contributed by atoms with Gasteiger partial charge < -0.3 is 19.7 Å². The maximum Gasteiger partial charge on any atom is 0.253 e. The highest BCUT2D eigenvalue weighted by molar-refractivity contribution is 5.97. The summed E-state index contributed by atoms with van der Waals surface area (Å²) in [5, 5.41) is 2.93. The van der Waals surface area contributed by atoms with Crippen molar-refractivity contribution in [2.45, 2.75) is 32.5 Å². The van der Waals surface area contributed by atoms with Crippen LogP contribution in [0, 0.1) is 17.8 Å². The van der Waals surface area contributed by atoms with Crippen LogP contribution in [-0.4, -0.2) is 49.3 Å². The van der Waals surface area contributed by atoms with Gasteiger partial charge in [-0.25, -0.2) is 0 Å². The number of anilines is 1. The molecule has 0 spiro atoms. The first kappa shape index (κ1) is 17.5. The molecule has 1 aliphatic carbocycles. The summed E-state index contributed by atoms with van der Waals surface area (Å²) in [5.41, 5.74) is 1.40. The third-order valence-corrected chi connectivity index (χ3v) is 5.62. The molecule has 1 saturated carbocycles. The SMILES string of the molecule is CC1CC1C(=O)Nc1ccc(C(=O)N2CCCC(C3OCCO3)C2)cc1. The van der Waals surface area contributed by atoms with Crippen molar-refractivity contribution in [3.05, 3.63) is 29.8 Å². The molecular weight excluding hydrogens is 332 g/mol. The van der Waals surface area contributed by atoms with Gasteiger partial charge >= 0.3 is 0 Å². The average molecular weight is 358 g/mol. The summed E-state index contributed by atoms with van der Waals surface area (Å²) in [4.78, 5) is 26.7. The first-order valence-electron chi connectivity index (χ1n) is 9.55. The van der Waals surface area contributed by atoms with Gasteiger partial charge in [-0.15, -0.1) is 0 Å². The highest BCUT2D eigenvalue weighted by Gasteiger charge is 2.39. The second kappa shape index (κ2) is 7.37. The number of carbonyl (C=O) groups is 2. The molecule has 3 aliphatic rings. The van der Waals surface area contributed by atoms with E-state index in [9.17, 15) is 9.59 Å². The zero-order valence-electron chi connectivity index (χ0n) is 15.1. The van der Waals surface area contributed by atoms with E-state index in [4.69, 9.17) is 9.47 Å². The molecule has 2 aliphatic heterocycles. The number of nitrogens with one attached hydrogen (secondary N) is 1. The molecule has 26 heavy (non-hydrogen) atoms. The molecule has 1 aromatic carbocycles. The number of hydrogen-bond acceptors (Lipinski definition) is 4. The molecule has 6 heteroatoms. The molecule has 3 atom stereocenters. The number of carbonyl (C=O) groups excluding carboxylic acids is 2. The fourth-order valence-electron chi connectivity index (χ4n) is 3.87. The minimum absolute atomic E-state index is 0.0291.